The molecule has 0 radical (unpaired) electrons. The second kappa shape index (κ2) is 20.0. The first-order valence-electron chi connectivity index (χ1n) is 16.0. The highest BCUT2D eigenvalue weighted by molar-refractivity contribution is 5.98. The van der Waals surface area contributed by atoms with Gasteiger partial charge in [0.15, 0.2) is 0 Å². The summed E-state index contributed by atoms with van der Waals surface area (Å²) in [4.78, 5) is 50.1. The quantitative estimate of drug-likeness (QED) is 0.0930. The molecular formula is C34H50N4O6. The molecule has 242 valence electrons. The van der Waals surface area contributed by atoms with Crippen LogP contribution in [0.5, 0.6) is 11.5 Å². The van der Waals surface area contributed by atoms with Crippen LogP contribution in [0, 0.1) is 5.92 Å². The highest BCUT2D eigenvalue weighted by atomic mass is 16.3. The predicted molar refractivity (Wildman–Crippen MR) is 171 cm³/mol. The fraction of sp³-hybridized carbons (Fsp3) is 0.529. The smallest absolute Gasteiger partial charge is 0.273 e. The van der Waals surface area contributed by atoms with E-state index in [1.165, 1.54) is 12.1 Å². The van der Waals surface area contributed by atoms with Crippen molar-refractivity contribution in [3.05, 3.63) is 58.7 Å². The van der Waals surface area contributed by atoms with Gasteiger partial charge < -0.3 is 10.2 Å². The molecule has 0 fully saturated rings. The van der Waals surface area contributed by atoms with E-state index in [9.17, 15) is 29.4 Å². The number of carbonyl (C=O) groups is 4. The Morgan fingerprint density at radius 3 is 1.66 bits per heavy atom. The van der Waals surface area contributed by atoms with Gasteiger partial charge in [-0.05, 0) is 80.3 Å². The number of aromatic hydroxyl groups is 2. The maximum Gasteiger partial charge on any atom is 0.273 e. The number of nitrogens with one attached hydrogen (secondary N) is 4. The molecule has 0 bridgehead atoms. The molecule has 6 N–H and O–H groups in total. The van der Waals surface area contributed by atoms with E-state index in [0.717, 1.165) is 75.3 Å². The second-order valence-electron chi connectivity index (χ2n) is 11.3. The van der Waals surface area contributed by atoms with Crippen LogP contribution in [-0.2, 0) is 22.4 Å². The summed E-state index contributed by atoms with van der Waals surface area (Å²) in [6.07, 6.45) is 11.0. The summed E-state index contributed by atoms with van der Waals surface area (Å²) in [7, 11) is 0. The SMILES string of the molecule is CCCCc1ccc(O)c(C(=O)NNC(=O)CCCCCCC(CCC)C(=O)NNC(=O)c2cc(CCCC)ccc2O)c1. The maximum atomic E-state index is 12.8. The first-order chi connectivity index (χ1) is 21.2. The molecule has 0 saturated heterocycles. The molecule has 10 heteroatoms. The Morgan fingerprint density at radius 1 is 0.614 bits per heavy atom. The lowest BCUT2D eigenvalue weighted by atomic mass is 9.95. The minimum Gasteiger partial charge on any atom is -0.507 e. The molecule has 0 aliphatic carbocycles. The molecule has 4 amide bonds. The van der Waals surface area contributed by atoms with Gasteiger partial charge in [-0.1, -0.05) is 71.4 Å². The molecular weight excluding hydrogens is 560 g/mol. The number of hydrogen-bond acceptors (Lipinski definition) is 6. The monoisotopic (exact) mass is 610 g/mol. The third-order valence-corrected chi connectivity index (χ3v) is 7.58. The summed E-state index contributed by atoms with van der Waals surface area (Å²) in [6.45, 7) is 6.17. The minimum atomic E-state index is -0.567. The summed E-state index contributed by atoms with van der Waals surface area (Å²) >= 11 is 0. The van der Waals surface area contributed by atoms with Crippen molar-refractivity contribution in [2.75, 3.05) is 0 Å². The van der Waals surface area contributed by atoms with Crippen LogP contribution >= 0.6 is 0 Å². The Bertz CT molecular complexity index is 1230. The van der Waals surface area contributed by atoms with Crippen molar-refractivity contribution >= 4 is 23.6 Å². The molecule has 0 heterocycles. The highest BCUT2D eigenvalue weighted by Gasteiger charge is 2.19. The number of hydrazine groups is 2. The van der Waals surface area contributed by atoms with Crippen molar-refractivity contribution in [3.8, 4) is 11.5 Å². The van der Waals surface area contributed by atoms with Crippen LogP contribution in [0.1, 0.15) is 130 Å². The van der Waals surface area contributed by atoms with E-state index in [2.05, 4.69) is 35.6 Å². The zero-order valence-electron chi connectivity index (χ0n) is 26.5. The topological polar surface area (TPSA) is 157 Å². The number of carbonyl (C=O) groups excluding carboxylic acids is 4. The zero-order chi connectivity index (χ0) is 32.3. The number of phenolic OH excluding ortho intramolecular Hbond substituents is 2. The summed E-state index contributed by atoms with van der Waals surface area (Å²) in [6, 6.07) is 9.88. The van der Waals surface area contributed by atoms with Crippen molar-refractivity contribution in [2.24, 2.45) is 5.92 Å². The van der Waals surface area contributed by atoms with Crippen LogP contribution in [0.15, 0.2) is 36.4 Å². The van der Waals surface area contributed by atoms with Gasteiger partial charge in [-0.15, -0.1) is 0 Å². The summed E-state index contributed by atoms with van der Waals surface area (Å²) in [5.41, 5.74) is 11.9. The molecule has 2 aromatic rings. The van der Waals surface area contributed by atoms with Gasteiger partial charge >= 0.3 is 0 Å². The lowest BCUT2D eigenvalue weighted by Gasteiger charge is -2.17. The summed E-state index contributed by atoms with van der Waals surface area (Å²) < 4.78 is 0. The van der Waals surface area contributed by atoms with E-state index in [0.29, 0.717) is 19.3 Å². The third kappa shape index (κ3) is 12.7. The van der Waals surface area contributed by atoms with E-state index in [1.54, 1.807) is 24.3 Å². The number of phenols is 2. The van der Waals surface area contributed by atoms with E-state index < -0.39 is 11.8 Å². The van der Waals surface area contributed by atoms with E-state index in [1.807, 2.05) is 6.92 Å². The Hall–Kier alpha value is -4.08. The average molecular weight is 611 g/mol. The molecule has 0 aliphatic heterocycles. The Kier molecular flexibility index (Phi) is 16.4. The number of hydrogen-bond donors (Lipinski definition) is 6. The van der Waals surface area contributed by atoms with Gasteiger partial charge in [0, 0.05) is 12.3 Å². The maximum absolute atomic E-state index is 12.8. The van der Waals surface area contributed by atoms with Gasteiger partial charge in [-0.25, -0.2) is 0 Å². The first kappa shape index (κ1) is 36.1. The molecule has 1 atom stereocenters. The molecule has 0 aromatic heterocycles. The number of benzene rings is 2. The van der Waals surface area contributed by atoms with Gasteiger partial charge in [0.2, 0.25) is 11.8 Å². The molecule has 44 heavy (non-hydrogen) atoms. The van der Waals surface area contributed by atoms with Crippen LogP contribution in [-0.4, -0.2) is 33.8 Å². The van der Waals surface area contributed by atoms with Gasteiger partial charge in [0.25, 0.3) is 11.8 Å². The standard InChI is InChI=1S/C34H50N4O6/c1-4-7-14-24-18-20-29(39)27(22-24)33(43)37-35-31(41)17-12-10-9-11-16-26(13-6-3)32(42)36-38-34(44)28-23-25(15-8-5-2)19-21-30(28)40/h18-23,26,39-40H,4-17H2,1-3H3,(H,35,41)(H,36,42)(H,37,43)(H,38,44). The lowest BCUT2D eigenvalue weighted by molar-refractivity contribution is -0.126. The van der Waals surface area contributed by atoms with Crippen molar-refractivity contribution in [1.82, 2.24) is 21.7 Å². The number of rotatable bonds is 18. The molecule has 0 aliphatic rings. The Labute approximate surface area is 261 Å². The molecule has 0 spiro atoms. The largest absolute Gasteiger partial charge is 0.507 e. The van der Waals surface area contributed by atoms with Crippen molar-refractivity contribution in [1.29, 1.82) is 0 Å². The van der Waals surface area contributed by atoms with Crippen LogP contribution in [0.25, 0.3) is 0 Å². The van der Waals surface area contributed by atoms with E-state index in [4.69, 9.17) is 0 Å². The van der Waals surface area contributed by atoms with Crippen molar-refractivity contribution < 1.29 is 29.4 Å². The molecule has 1 unspecified atom stereocenters. The van der Waals surface area contributed by atoms with Crippen molar-refractivity contribution in [2.45, 2.75) is 111 Å². The molecule has 10 nitrogen and oxygen atoms in total. The van der Waals surface area contributed by atoms with Crippen LogP contribution in [0.4, 0.5) is 0 Å². The van der Waals surface area contributed by atoms with Gasteiger partial charge in [0.1, 0.15) is 11.5 Å². The summed E-state index contributed by atoms with van der Waals surface area (Å²) in [5, 5.41) is 20.2. The third-order valence-electron chi connectivity index (χ3n) is 7.58. The Morgan fingerprint density at radius 2 is 1.14 bits per heavy atom. The number of aryl methyl sites for hydroxylation is 2. The molecule has 2 rings (SSSR count). The van der Waals surface area contributed by atoms with E-state index in [-0.39, 0.29) is 46.8 Å². The first-order valence-corrected chi connectivity index (χ1v) is 16.0. The van der Waals surface area contributed by atoms with E-state index >= 15 is 0 Å². The van der Waals surface area contributed by atoms with Gasteiger partial charge in [-0.3, -0.25) is 40.9 Å². The number of unbranched alkanes of at least 4 members (excludes halogenated alkanes) is 5. The number of amides is 4. The normalized spacial score (nSPS) is 11.4. The predicted octanol–water partition coefficient (Wildman–Crippen LogP) is 5.76. The average Bonchev–Trinajstić information content (AvgIpc) is 3.02. The lowest BCUT2D eigenvalue weighted by Crippen LogP contribution is -2.44. The minimum absolute atomic E-state index is 0.124. The highest BCUT2D eigenvalue weighted by Crippen LogP contribution is 2.21. The fourth-order valence-corrected chi connectivity index (χ4v) is 4.93. The van der Waals surface area contributed by atoms with Crippen LogP contribution in [0.3, 0.4) is 0 Å². The van der Waals surface area contributed by atoms with Gasteiger partial charge in [-0.2, -0.15) is 0 Å². The Balaban J connectivity index is 1.69. The van der Waals surface area contributed by atoms with Gasteiger partial charge in [0.05, 0.1) is 11.1 Å². The van der Waals surface area contributed by atoms with Crippen molar-refractivity contribution in [3.63, 3.8) is 0 Å². The molecule has 0 saturated carbocycles. The zero-order valence-corrected chi connectivity index (χ0v) is 26.5. The molecule has 2 aromatic carbocycles. The van der Waals surface area contributed by atoms with Crippen LogP contribution in [0.2, 0.25) is 0 Å². The second-order valence-corrected chi connectivity index (χ2v) is 11.3. The van der Waals surface area contributed by atoms with Crippen LogP contribution < -0.4 is 21.7 Å². The summed E-state index contributed by atoms with van der Waals surface area (Å²) in [5.74, 6) is -2.24. The fourth-order valence-electron chi connectivity index (χ4n) is 4.93.